The first kappa shape index (κ1) is 13.6. The van der Waals surface area contributed by atoms with Crippen LogP contribution in [0.2, 0.25) is 0 Å². The van der Waals surface area contributed by atoms with Gasteiger partial charge in [-0.15, -0.1) is 0 Å². The molecule has 1 unspecified atom stereocenters. The van der Waals surface area contributed by atoms with Crippen LogP contribution in [0.4, 0.5) is 0 Å². The van der Waals surface area contributed by atoms with Crippen LogP contribution in [0, 0.1) is 0 Å². The summed E-state index contributed by atoms with van der Waals surface area (Å²) in [5, 5.41) is 1.25. The molecule has 1 aliphatic rings. The number of aromatic nitrogens is 2. The summed E-state index contributed by atoms with van der Waals surface area (Å²) in [5.74, 6) is 0. The zero-order valence-corrected chi connectivity index (χ0v) is 11.9. The van der Waals surface area contributed by atoms with E-state index in [2.05, 4.69) is 21.8 Å². The smallest absolute Gasteiger partial charge is 0.140 e. The van der Waals surface area contributed by atoms with Gasteiger partial charge < -0.3 is 15.0 Å². The second kappa shape index (κ2) is 6.37. The van der Waals surface area contributed by atoms with E-state index in [4.69, 9.17) is 10.5 Å². The van der Waals surface area contributed by atoms with Crippen LogP contribution in [-0.4, -0.2) is 28.8 Å². The summed E-state index contributed by atoms with van der Waals surface area (Å²) in [5.41, 5.74) is 8.10. The molecule has 3 rings (SSSR count). The Balaban J connectivity index is 1.70. The molecule has 0 radical (unpaired) electrons. The Hall–Kier alpha value is -1.39. The van der Waals surface area contributed by atoms with Crippen molar-refractivity contribution in [2.45, 2.75) is 44.8 Å². The zero-order valence-electron chi connectivity index (χ0n) is 11.9. The van der Waals surface area contributed by atoms with Crippen molar-refractivity contribution >= 4 is 11.0 Å². The van der Waals surface area contributed by atoms with Gasteiger partial charge in [-0.05, 0) is 56.3 Å². The summed E-state index contributed by atoms with van der Waals surface area (Å²) >= 11 is 0. The summed E-state index contributed by atoms with van der Waals surface area (Å²) < 4.78 is 7.95. The first-order chi connectivity index (χ1) is 9.88. The predicted molar refractivity (Wildman–Crippen MR) is 80.7 cm³/mol. The molecule has 0 amide bonds. The fraction of sp³-hybridized carbons (Fsp3) is 0.562. The van der Waals surface area contributed by atoms with Crippen LogP contribution < -0.4 is 5.73 Å². The summed E-state index contributed by atoms with van der Waals surface area (Å²) in [4.78, 5) is 4.53. The molecule has 108 valence electrons. The van der Waals surface area contributed by atoms with Gasteiger partial charge in [0.05, 0.1) is 6.10 Å². The topological polar surface area (TPSA) is 53.1 Å². The van der Waals surface area contributed by atoms with Crippen molar-refractivity contribution in [3.8, 4) is 0 Å². The molecule has 20 heavy (non-hydrogen) atoms. The van der Waals surface area contributed by atoms with Crippen LogP contribution in [0.5, 0.6) is 0 Å². The lowest BCUT2D eigenvalue weighted by Crippen LogP contribution is -2.07. The minimum absolute atomic E-state index is 0.480. The largest absolute Gasteiger partial charge is 0.378 e. The molecule has 1 saturated heterocycles. The number of nitrogens with two attached hydrogens (primary N) is 1. The SMILES string of the molecule is NCCc1cn(CCCC2CCCO2)c2ncccc12. The van der Waals surface area contributed by atoms with Crippen LogP contribution in [0.25, 0.3) is 11.0 Å². The highest BCUT2D eigenvalue weighted by atomic mass is 16.5. The van der Waals surface area contributed by atoms with Gasteiger partial charge in [-0.25, -0.2) is 4.98 Å². The number of rotatable bonds is 6. The third-order valence-electron chi connectivity index (χ3n) is 4.08. The van der Waals surface area contributed by atoms with Gasteiger partial charge in [-0.2, -0.15) is 0 Å². The van der Waals surface area contributed by atoms with E-state index in [0.29, 0.717) is 12.6 Å². The Morgan fingerprint density at radius 1 is 1.45 bits per heavy atom. The van der Waals surface area contributed by atoms with Crippen LogP contribution in [0.15, 0.2) is 24.5 Å². The maximum absolute atomic E-state index is 5.70. The predicted octanol–water partition coefficient (Wildman–Crippen LogP) is 2.50. The normalized spacial score (nSPS) is 18.9. The highest BCUT2D eigenvalue weighted by molar-refractivity contribution is 5.80. The molecule has 2 N–H and O–H groups in total. The fourth-order valence-electron chi connectivity index (χ4n) is 3.08. The molecule has 2 aromatic rings. The lowest BCUT2D eigenvalue weighted by Gasteiger charge is -2.09. The summed E-state index contributed by atoms with van der Waals surface area (Å²) in [6, 6.07) is 4.14. The Morgan fingerprint density at radius 3 is 3.20 bits per heavy atom. The average molecular weight is 273 g/mol. The van der Waals surface area contributed by atoms with Gasteiger partial charge in [-0.3, -0.25) is 0 Å². The molecule has 1 aliphatic heterocycles. The summed E-state index contributed by atoms with van der Waals surface area (Å²) in [6.45, 7) is 2.64. The first-order valence-electron chi connectivity index (χ1n) is 7.63. The maximum atomic E-state index is 5.70. The fourth-order valence-corrected chi connectivity index (χ4v) is 3.08. The molecular formula is C16H23N3O. The van der Waals surface area contributed by atoms with Gasteiger partial charge in [0.25, 0.3) is 0 Å². The molecule has 3 heterocycles. The van der Waals surface area contributed by atoms with Crippen molar-refractivity contribution in [3.05, 3.63) is 30.1 Å². The van der Waals surface area contributed by atoms with Crippen molar-refractivity contribution < 1.29 is 4.74 Å². The van der Waals surface area contributed by atoms with Crippen molar-refractivity contribution in [2.24, 2.45) is 5.73 Å². The highest BCUT2D eigenvalue weighted by Crippen LogP contribution is 2.22. The number of aryl methyl sites for hydroxylation is 1. The minimum Gasteiger partial charge on any atom is -0.378 e. The molecule has 0 spiro atoms. The average Bonchev–Trinajstić information content (AvgIpc) is 3.09. The summed E-state index contributed by atoms with van der Waals surface area (Å²) in [7, 11) is 0. The van der Waals surface area contributed by atoms with E-state index in [1.807, 2.05) is 12.3 Å². The van der Waals surface area contributed by atoms with Gasteiger partial charge >= 0.3 is 0 Å². The molecule has 4 heteroatoms. The van der Waals surface area contributed by atoms with E-state index in [-0.39, 0.29) is 0 Å². The maximum Gasteiger partial charge on any atom is 0.140 e. The van der Waals surface area contributed by atoms with E-state index in [0.717, 1.165) is 38.1 Å². The number of nitrogens with zero attached hydrogens (tertiary/aromatic N) is 2. The molecule has 0 aromatic carbocycles. The zero-order chi connectivity index (χ0) is 13.8. The van der Waals surface area contributed by atoms with Gasteiger partial charge in [0.1, 0.15) is 5.65 Å². The first-order valence-corrected chi connectivity index (χ1v) is 7.63. The van der Waals surface area contributed by atoms with Crippen molar-refractivity contribution in [3.63, 3.8) is 0 Å². The molecule has 0 aliphatic carbocycles. The molecule has 1 atom stereocenters. The third-order valence-corrected chi connectivity index (χ3v) is 4.08. The number of hydrogen-bond donors (Lipinski definition) is 1. The molecule has 0 bridgehead atoms. The number of ether oxygens (including phenoxy) is 1. The Bertz CT molecular complexity index is 558. The Labute approximate surface area is 119 Å². The van der Waals surface area contributed by atoms with Gasteiger partial charge in [0, 0.05) is 30.9 Å². The van der Waals surface area contributed by atoms with Crippen LogP contribution in [0.1, 0.15) is 31.2 Å². The minimum atomic E-state index is 0.480. The Morgan fingerprint density at radius 2 is 2.40 bits per heavy atom. The number of hydrogen-bond acceptors (Lipinski definition) is 3. The second-order valence-corrected chi connectivity index (χ2v) is 5.54. The number of fused-ring (bicyclic) bond motifs is 1. The quantitative estimate of drug-likeness (QED) is 0.879. The molecule has 4 nitrogen and oxygen atoms in total. The van der Waals surface area contributed by atoms with E-state index >= 15 is 0 Å². The van der Waals surface area contributed by atoms with Crippen LogP contribution >= 0.6 is 0 Å². The number of pyridine rings is 1. The standard InChI is InChI=1S/C16H23N3O/c17-8-7-13-12-19(16-15(13)6-1-9-18-16)10-2-4-14-5-3-11-20-14/h1,6,9,12,14H,2-5,7-8,10-11,17H2. The molecule has 2 aromatic heterocycles. The monoisotopic (exact) mass is 273 g/mol. The molecule has 1 fully saturated rings. The van der Waals surface area contributed by atoms with Crippen molar-refractivity contribution in [1.82, 2.24) is 9.55 Å². The van der Waals surface area contributed by atoms with Crippen LogP contribution in [-0.2, 0) is 17.7 Å². The molecular weight excluding hydrogens is 250 g/mol. The van der Waals surface area contributed by atoms with E-state index in [9.17, 15) is 0 Å². The van der Waals surface area contributed by atoms with Gasteiger partial charge in [0.2, 0.25) is 0 Å². The van der Waals surface area contributed by atoms with E-state index < -0.39 is 0 Å². The highest BCUT2D eigenvalue weighted by Gasteiger charge is 2.15. The lowest BCUT2D eigenvalue weighted by atomic mass is 10.1. The van der Waals surface area contributed by atoms with Gasteiger partial charge in [-0.1, -0.05) is 0 Å². The van der Waals surface area contributed by atoms with E-state index in [1.54, 1.807) is 0 Å². The van der Waals surface area contributed by atoms with Gasteiger partial charge in [0.15, 0.2) is 0 Å². The van der Waals surface area contributed by atoms with E-state index in [1.165, 1.54) is 23.8 Å². The van der Waals surface area contributed by atoms with Crippen molar-refractivity contribution in [1.29, 1.82) is 0 Å². The van der Waals surface area contributed by atoms with Crippen molar-refractivity contribution in [2.75, 3.05) is 13.2 Å². The lowest BCUT2D eigenvalue weighted by molar-refractivity contribution is 0.101. The third kappa shape index (κ3) is 2.86. The second-order valence-electron chi connectivity index (χ2n) is 5.54. The van der Waals surface area contributed by atoms with Crippen LogP contribution in [0.3, 0.4) is 0 Å². The molecule has 0 saturated carbocycles. The Kier molecular flexibility index (Phi) is 4.33. The summed E-state index contributed by atoms with van der Waals surface area (Å²) in [6.07, 6.45) is 10.2.